The molecule has 0 saturated carbocycles. The van der Waals surface area contributed by atoms with E-state index in [9.17, 15) is 4.79 Å². The van der Waals surface area contributed by atoms with Crippen LogP contribution in [0.4, 0.5) is 5.82 Å². The lowest BCUT2D eigenvalue weighted by molar-refractivity contribution is -0.118. The van der Waals surface area contributed by atoms with E-state index in [0.717, 1.165) is 27.9 Å². The van der Waals surface area contributed by atoms with Crippen LogP contribution in [-0.4, -0.2) is 27.2 Å². The van der Waals surface area contributed by atoms with Crippen LogP contribution >= 0.6 is 0 Å². The van der Waals surface area contributed by atoms with Crippen LogP contribution in [0.5, 0.6) is 0 Å². The van der Waals surface area contributed by atoms with Gasteiger partial charge >= 0.3 is 0 Å². The summed E-state index contributed by atoms with van der Waals surface area (Å²) >= 11 is 0. The second-order valence-corrected chi connectivity index (χ2v) is 8.58. The lowest BCUT2D eigenvalue weighted by Crippen LogP contribution is -2.35. The average Bonchev–Trinajstić information content (AvgIpc) is 3.23. The number of hydrogen-bond acceptors (Lipinski definition) is 5. The molecule has 0 aliphatic heterocycles. The molecule has 176 valence electrons. The number of anilines is 1. The standard InChI is InChI=1S/C28H28N6O/c1-19(22-11-9-21(15-29)10-12-22)16-31-27(23-7-5-4-6-8-23)28(35)33-26-14-13-24(17-30-26)25-18-32-34(3)20(25)2/h4-14,17-19,27,31H,16H2,1-3H3,(H,30,33,35)/t19-,27+/m0/s1. The highest BCUT2D eigenvalue weighted by atomic mass is 16.2. The molecule has 0 bridgehead atoms. The molecule has 0 saturated heterocycles. The number of benzene rings is 2. The number of aryl methyl sites for hydroxylation is 1. The summed E-state index contributed by atoms with van der Waals surface area (Å²) in [6, 6.07) is 22.5. The molecule has 0 spiro atoms. The number of pyridine rings is 1. The van der Waals surface area contributed by atoms with Crippen molar-refractivity contribution in [2.75, 3.05) is 11.9 Å². The SMILES string of the molecule is Cc1c(-c2ccc(NC(=O)[C@H](NC[C@H](C)c3ccc(C#N)cc3)c3ccccc3)nc2)cnn1C. The Labute approximate surface area is 205 Å². The molecule has 35 heavy (non-hydrogen) atoms. The van der Waals surface area contributed by atoms with Crippen molar-refractivity contribution in [2.45, 2.75) is 25.8 Å². The van der Waals surface area contributed by atoms with Crippen molar-refractivity contribution in [3.8, 4) is 17.2 Å². The molecule has 0 aliphatic rings. The van der Waals surface area contributed by atoms with Crippen molar-refractivity contribution < 1.29 is 4.79 Å². The van der Waals surface area contributed by atoms with Crippen LogP contribution in [0, 0.1) is 18.3 Å². The third-order valence-corrected chi connectivity index (χ3v) is 6.19. The average molecular weight is 465 g/mol. The van der Waals surface area contributed by atoms with Gasteiger partial charge in [-0.05, 0) is 48.2 Å². The Kier molecular flexibility index (Phi) is 7.34. The first-order valence-corrected chi connectivity index (χ1v) is 11.5. The number of nitrogens with zero attached hydrogens (tertiary/aromatic N) is 4. The van der Waals surface area contributed by atoms with Crippen LogP contribution in [0.3, 0.4) is 0 Å². The maximum atomic E-state index is 13.3. The molecule has 4 rings (SSSR count). The summed E-state index contributed by atoms with van der Waals surface area (Å²) in [5.74, 6) is 0.464. The van der Waals surface area contributed by atoms with E-state index >= 15 is 0 Å². The van der Waals surface area contributed by atoms with E-state index < -0.39 is 6.04 Å². The van der Waals surface area contributed by atoms with Gasteiger partial charge in [0.2, 0.25) is 5.91 Å². The molecule has 2 atom stereocenters. The van der Waals surface area contributed by atoms with Gasteiger partial charge in [-0.3, -0.25) is 9.48 Å². The molecule has 4 aromatic rings. The van der Waals surface area contributed by atoms with E-state index in [0.29, 0.717) is 17.9 Å². The Morgan fingerprint density at radius 1 is 1.03 bits per heavy atom. The van der Waals surface area contributed by atoms with Crippen LogP contribution in [0.2, 0.25) is 0 Å². The van der Waals surface area contributed by atoms with E-state index in [4.69, 9.17) is 5.26 Å². The van der Waals surface area contributed by atoms with Gasteiger partial charge in [-0.1, -0.05) is 49.4 Å². The molecule has 0 aliphatic carbocycles. The predicted molar refractivity (Wildman–Crippen MR) is 137 cm³/mol. The van der Waals surface area contributed by atoms with E-state index in [-0.39, 0.29) is 11.8 Å². The van der Waals surface area contributed by atoms with E-state index in [2.05, 4.69) is 33.7 Å². The molecule has 2 aromatic carbocycles. The summed E-state index contributed by atoms with van der Waals surface area (Å²) in [4.78, 5) is 17.8. The summed E-state index contributed by atoms with van der Waals surface area (Å²) < 4.78 is 1.82. The van der Waals surface area contributed by atoms with E-state index in [1.54, 1.807) is 12.3 Å². The molecular formula is C28H28N6O. The summed E-state index contributed by atoms with van der Waals surface area (Å²) in [6.07, 6.45) is 3.56. The van der Waals surface area contributed by atoms with Gasteiger partial charge in [0.15, 0.2) is 0 Å². The Hall–Kier alpha value is -4.28. The lowest BCUT2D eigenvalue weighted by atomic mass is 9.98. The highest BCUT2D eigenvalue weighted by molar-refractivity contribution is 5.95. The van der Waals surface area contributed by atoms with Gasteiger partial charge < -0.3 is 10.6 Å². The molecule has 2 N–H and O–H groups in total. The van der Waals surface area contributed by atoms with Crippen molar-refractivity contribution >= 4 is 11.7 Å². The number of amides is 1. The van der Waals surface area contributed by atoms with Crippen molar-refractivity contribution in [1.82, 2.24) is 20.1 Å². The molecule has 7 nitrogen and oxygen atoms in total. The van der Waals surface area contributed by atoms with Crippen molar-refractivity contribution in [3.63, 3.8) is 0 Å². The minimum atomic E-state index is -0.543. The highest BCUT2D eigenvalue weighted by Gasteiger charge is 2.22. The van der Waals surface area contributed by atoms with Crippen molar-refractivity contribution in [2.24, 2.45) is 7.05 Å². The van der Waals surface area contributed by atoms with E-state index in [1.807, 2.05) is 85.5 Å². The fraction of sp³-hybridized carbons (Fsp3) is 0.214. The Morgan fingerprint density at radius 3 is 2.37 bits per heavy atom. The summed E-state index contributed by atoms with van der Waals surface area (Å²) in [5, 5.41) is 19.7. The van der Waals surface area contributed by atoms with Gasteiger partial charge in [0.25, 0.3) is 0 Å². The number of nitriles is 1. The fourth-order valence-electron chi connectivity index (χ4n) is 3.91. The highest BCUT2D eigenvalue weighted by Crippen LogP contribution is 2.24. The van der Waals surface area contributed by atoms with Gasteiger partial charge in [-0.25, -0.2) is 4.98 Å². The zero-order valence-electron chi connectivity index (χ0n) is 20.1. The van der Waals surface area contributed by atoms with Crippen LogP contribution in [0.1, 0.15) is 41.3 Å². The fourth-order valence-corrected chi connectivity index (χ4v) is 3.91. The minimum Gasteiger partial charge on any atom is -0.309 e. The smallest absolute Gasteiger partial charge is 0.247 e. The maximum Gasteiger partial charge on any atom is 0.247 e. The molecule has 0 fully saturated rings. The molecule has 2 heterocycles. The number of hydrogen-bond donors (Lipinski definition) is 2. The van der Waals surface area contributed by atoms with Crippen LogP contribution in [-0.2, 0) is 11.8 Å². The van der Waals surface area contributed by atoms with Gasteiger partial charge in [0, 0.05) is 36.6 Å². The number of carbonyl (C=O) groups excluding carboxylic acids is 1. The molecular weight excluding hydrogens is 436 g/mol. The van der Waals surface area contributed by atoms with Crippen molar-refractivity contribution in [1.29, 1.82) is 5.26 Å². The summed E-state index contributed by atoms with van der Waals surface area (Å²) in [5.41, 5.74) is 5.62. The third-order valence-electron chi connectivity index (χ3n) is 6.19. The molecule has 7 heteroatoms. The molecule has 0 radical (unpaired) electrons. The summed E-state index contributed by atoms with van der Waals surface area (Å²) in [7, 11) is 1.90. The zero-order chi connectivity index (χ0) is 24.8. The number of carbonyl (C=O) groups is 1. The largest absolute Gasteiger partial charge is 0.309 e. The molecule has 0 unspecified atom stereocenters. The Morgan fingerprint density at radius 2 is 1.77 bits per heavy atom. The van der Waals surface area contributed by atoms with E-state index in [1.165, 1.54) is 0 Å². The first-order chi connectivity index (χ1) is 17.0. The van der Waals surface area contributed by atoms with Crippen LogP contribution < -0.4 is 10.6 Å². The molecule has 1 amide bonds. The quantitative estimate of drug-likeness (QED) is 0.393. The predicted octanol–water partition coefficient (Wildman–Crippen LogP) is 4.74. The zero-order valence-corrected chi connectivity index (χ0v) is 20.1. The second-order valence-electron chi connectivity index (χ2n) is 8.58. The Bertz CT molecular complexity index is 1320. The van der Waals surface area contributed by atoms with Gasteiger partial charge in [0.1, 0.15) is 11.9 Å². The van der Waals surface area contributed by atoms with Gasteiger partial charge in [0.05, 0.1) is 17.8 Å². The summed E-state index contributed by atoms with van der Waals surface area (Å²) in [6.45, 7) is 4.69. The van der Waals surface area contributed by atoms with Crippen LogP contribution in [0.15, 0.2) is 79.1 Å². The maximum absolute atomic E-state index is 13.3. The lowest BCUT2D eigenvalue weighted by Gasteiger charge is -2.21. The first-order valence-electron chi connectivity index (χ1n) is 11.5. The van der Waals surface area contributed by atoms with Crippen molar-refractivity contribution in [3.05, 3.63) is 102 Å². The first kappa shape index (κ1) is 23.9. The minimum absolute atomic E-state index is 0.155. The van der Waals surface area contributed by atoms with Gasteiger partial charge in [-0.15, -0.1) is 0 Å². The van der Waals surface area contributed by atoms with Gasteiger partial charge in [-0.2, -0.15) is 10.4 Å². The normalized spacial score (nSPS) is 12.5. The topological polar surface area (TPSA) is 95.6 Å². The second kappa shape index (κ2) is 10.8. The number of nitrogens with one attached hydrogen (secondary N) is 2. The number of rotatable bonds is 8. The monoisotopic (exact) mass is 464 g/mol. The van der Waals surface area contributed by atoms with Crippen LogP contribution in [0.25, 0.3) is 11.1 Å². The third kappa shape index (κ3) is 5.62. The Balaban J connectivity index is 1.47. The molecule has 2 aromatic heterocycles. The number of aromatic nitrogens is 3.